The molecule has 0 saturated heterocycles. The summed E-state index contributed by atoms with van der Waals surface area (Å²) < 4.78 is 1.67. The second-order valence-corrected chi connectivity index (χ2v) is 6.87. The molecule has 1 aromatic heterocycles. The van der Waals surface area contributed by atoms with Crippen molar-refractivity contribution < 1.29 is 14.4 Å². The van der Waals surface area contributed by atoms with E-state index in [9.17, 15) is 14.4 Å². The Balaban J connectivity index is 1.38. The molecular weight excluding hydrogens is 356 g/mol. The fourth-order valence-electron chi connectivity index (χ4n) is 3.53. The van der Waals surface area contributed by atoms with Gasteiger partial charge in [-0.1, -0.05) is 24.3 Å². The van der Waals surface area contributed by atoms with Crippen molar-refractivity contribution in [3.05, 3.63) is 65.5 Å². The van der Waals surface area contributed by atoms with Gasteiger partial charge >= 0.3 is 0 Å². The average molecular weight is 376 g/mol. The minimum atomic E-state index is -0.301. The number of rotatable bonds is 6. The summed E-state index contributed by atoms with van der Waals surface area (Å²) >= 11 is 0. The lowest BCUT2D eigenvalue weighted by Gasteiger charge is -2.27. The van der Waals surface area contributed by atoms with Crippen LogP contribution < -0.4 is 5.32 Å². The van der Waals surface area contributed by atoms with Gasteiger partial charge < -0.3 is 5.32 Å². The van der Waals surface area contributed by atoms with Crippen molar-refractivity contribution in [1.29, 1.82) is 0 Å². The van der Waals surface area contributed by atoms with Crippen LogP contribution in [0, 0.1) is 0 Å². The minimum absolute atomic E-state index is 0.122. The number of hydrogen-bond acceptors (Lipinski definition) is 4. The Morgan fingerprint density at radius 2 is 1.75 bits per heavy atom. The van der Waals surface area contributed by atoms with Crippen LogP contribution >= 0.6 is 0 Å². The van der Waals surface area contributed by atoms with E-state index in [0.29, 0.717) is 29.5 Å². The molecule has 28 heavy (non-hydrogen) atoms. The summed E-state index contributed by atoms with van der Waals surface area (Å²) in [5.41, 5.74) is 1.99. The molecule has 3 aromatic rings. The molecule has 142 valence electrons. The highest BCUT2D eigenvalue weighted by Gasteiger charge is 2.32. The highest BCUT2D eigenvalue weighted by atomic mass is 16.2. The predicted molar refractivity (Wildman–Crippen MR) is 104 cm³/mol. The van der Waals surface area contributed by atoms with Crippen molar-refractivity contribution in [2.24, 2.45) is 7.05 Å². The van der Waals surface area contributed by atoms with E-state index in [4.69, 9.17) is 0 Å². The molecule has 0 radical (unpaired) electrons. The number of benzene rings is 2. The molecule has 0 spiro atoms. The molecule has 1 aliphatic heterocycles. The number of nitrogens with zero attached hydrogens (tertiary/aromatic N) is 3. The molecule has 1 N–H and O–H groups in total. The van der Waals surface area contributed by atoms with Crippen molar-refractivity contribution in [3.8, 4) is 0 Å². The normalized spacial score (nSPS) is 13.2. The van der Waals surface area contributed by atoms with Crippen molar-refractivity contribution in [2.75, 3.05) is 6.54 Å². The summed E-state index contributed by atoms with van der Waals surface area (Å²) in [6.45, 7) is 0.617. The van der Waals surface area contributed by atoms with Crippen LogP contribution in [0.2, 0.25) is 0 Å². The summed E-state index contributed by atoms with van der Waals surface area (Å²) in [5.74, 6) is -0.724. The number of carbonyl (C=O) groups is 3. The van der Waals surface area contributed by atoms with E-state index in [2.05, 4.69) is 10.4 Å². The first-order valence-electron chi connectivity index (χ1n) is 9.17. The summed E-state index contributed by atoms with van der Waals surface area (Å²) in [6, 6.07) is 10.9. The van der Waals surface area contributed by atoms with Gasteiger partial charge in [-0.15, -0.1) is 0 Å². The molecule has 0 saturated carbocycles. The van der Waals surface area contributed by atoms with Gasteiger partial charge in [-0.05, 0) is 23.9 Å². The first-order chi connectivity index (χ1) is 13.5. The van der Waals surface area contributed by atoms with Gasteiger partial charge in [0.05, 0.1) is 6.20 Å². The molecule has 0 bridgehead atoms. The average Bonchev–Trinajstić information content (AvgIpc) is 3.12. The van der Waals surface area contributed by atoms with Crippen LogP contribution in [0.5, 0.6) is 0 Å². The molecule has 4 rings (SSSR count). The van der Waals surface area contributed by atoms with Gasteiger partial charge in [0.15, 0.2) is 0 Å². The number of nitrogens with one attached hydrogen (secondary N) is 1. The smallest absolute Gasteiger partial charge is 0.261 e. The number of hydrogen-bond donors (Lipinski definition) is 1. The zero-order valence-electron chi connectivity index (χ0n) is 15.5. The van der Waals surface area contributed by atoms with Crippen molar-refractivity contribution >= 4 is 28.5 Å². The monoisotopic (exact) mass is 376 g/mol. The number of aryl methyl sites for hydroxylation is 1. The fourth-order valence-corrected chi connectivity index (χ4v) is 3.53. The van der Waals surface area contributed by atoms with Gasteiger partial charge in [-0.3, -0.25) is 24.0 Å². The van der Waals surface area contributed by atoms with Crippen molar-refractivity contribution in [3.63, 3.8) is 0 Å². The van der Waals surface area contributed by atoms with Gasteiger partial charge in [-0.2, -0.15) is 5.10 Å². The number of imide groups is 1. The predicted octanol–water partition coefficient (Wildman–Crippen LogP) is 2.27. The lowest BCUT2D eigenvalue weighted by molar-refractivity contribution is -0.121. The number of amides is 3. The first kappa shape index (κ1) is 17.9. The molecule has 0 atom stereocenters. The highest BCUT2D eigenvalue weighted by molar-refractivity contribution is 6.25. The van der Waals surface area contributed by atoms with E-state index in [-0.39, 0.29) is 30.7 Å². The maximum absolute atomic E-state index is 12.8. The molecule has 2 heterocycles. The Morgan fingerprint density at radius 3 is 2.36 bits per heavy atom. The van der Waals surface area contributed by atoms with Crippen LogP contribution in [-0.2, 0) is 18.4 Å². The largest absolute Gasteiger partial charge is 0.352 e. The van der Waals surface area contributed by atoms with Crippen molar-refractivity contribution in [2.45, 2.75) is 19.4 Å². The van der Waals surface area contributed by atoms with Crippen LogP contribution in [0.25, 0.3) is 10.8 Å². The van der Waals surface area contributed by atoms with E-state index in [0.717, 1.165) is 10.9 Å². The molecule has 2 aromatic carbocycles. The van der Waals surface area contributed by atoms with E-state index in [1.165, 1.54) is 4.90 Å². The number of carbonyl (C=O) groups excluding carboxylic acids is 3. The molecule has 3 amide bonds. The van der Waals surface area contributed by atoms with Gasteiger partial charge in [0.2, 0.25) is 5.91 Å². The van der Waals surface area contributed by atoms with Gasteiger partial charge in [0, 0.05) is 54.8 Å². The first-order valence-corrected chi connectivity index (χ1v) is 9.17. The second kappa shape index (κ2) is 7.26. The molecule has 7 nitrogen and oxygen atoms in total. The van der Waals surface area contributed by atoms with Crippen LogP contribution in [0.4, 0.5) is 0 Å². The third-order valence-electron chi connectivity index (χ3n) is 4.89. The molecule has 0 unspecified atom stereocenters. The SMILES string of the molecule is Cn1cc(CNC(=O)CCCN2C(=O)c3cccc4cccc(c34)C2=O)cn1. The Bertz CT molecular complexity index is 1040. The third kappa shape index (κ3) is 3.26. The molecule has 7 heteroatoms. The summed E-state index contributed by atoms with van der Waals surface area (Å²) in [7, 11) is 1.82. The van der Waals surface area contributed by atoms with Crippen LogP contribution in [0.15, 0.2) is 48.8 Å². The Kier molecular flexibility index (Phi) is 4.65. The van der Waals surface area contributed by atoms with Gasteiger partial charge in [0.1, 0.15) is 0 Å². The Hall–Kier alpha value is -3.48. The molecule has 0 fully saturated rings. The summed E-state index contributed by atoms with van der Waals surface area (Å²) in [5, 5.41) is 8.47. The maximum atomic E-state index is 12.8. The fraction of sp³-hybridized carbons (Fsp3) is 0.238. The van der Waals surface area contributed by atoms with E-state index >= 15 is 0 Å². The van der Waals surface area contributed by atoms with Crippen molar-refractivity contribution in [1.82, 2.24) is 20.0 Å². The standard InChI is InChI=1S/C21H20N4O3/c1-24-13-14(12-23-24)11-22-18(26)9-4-10-25-20(27)16-7-2-5-15-6-3-8-17(19(15)16)21(25)28/h2-3,5-8,12-13H,4,9-11H2,1H3,(H,22,26). The molecular formula is C21H20N4O3. The Morgan fingerprint density at radius 1 is 1.07 bits per heavy atom. The lowest BCUT2D eigenvalue weighted by Crippen LogP contribution is -2.41. The second-order valence-electron chi connectivity index (χ2n) is 6.87. The quantitative estimate of drug-likeness (QED) is 0.669. The van der Waals surface area contributed by atoms with E-state index < -0.39 is 0 Å². The highest BCUT2D eigenvalue weighted by Crippen LogP contribution is 2.29. The number of aromatic nitrogens is 2. The lowest BCUT2D eigenvalue weighted by atomic mass is 9.94. The maximum Gasteiger partial charge on any atom is 0.261 e. The summed E-state index contributed by atoms with van der Waals surface area (Å²) in [6.07, 6.45) is 4.18. The molecule has 1 aliphatic rings. The van der Waals surface area contributed by atoms with E-state index in [1.807, 2.05) is 37.5 Å². The minimum Gasteiger partial charge on any atom is -0.352 e. The Labute approximate surface area is 161 Å². The van der Waals surface area contributed by atoms with Gasteiger partial charge in [-0.25, -0.2) is 0 Å². The van der Waals surface area contributed by atoms with Crippen LogP contribution in [-0.4, -0.2) is 38.9 Å². The zero-order chi connectivity index (χ0) is 19.7. The van der Waals surface area contributed by atoms with Crippen LogP contribution in [0.1, 0.15) is 39.1 Å². The zero-order valence-corrected chi connectivity index (χ0v) is 15.5. The molecule has 0 aliphatic carbocycles. The van der Waals surface area contributed by atoms with E-state index in [1.54, 1.807) is 23.0 Å². The third-order valence-corrected chi connectivity index (χ3v) is 4.89. The topological polar surface area (TPSA) is 84.3 Å². The van der Waals surface area contributed by atoms with Gasteiger partial charge in [0.25, 0.3) is 11.8 Å². The summed E-state index contributed by atoms with van der Waals surface area (Å²) in [4.78, 5) is 38.9. The van der Waals surface area contributed by atoms with Crippen LogP contribution in [0.3, 0.4) is 0 Å².